The van der Waals surface area contributed by atoms with Gasteiger partial charge >= 0.3 is 0 Å². The molecule has 1 aliphatic rings. The van der Waals surface area contributed by atoms with Crippen molar-refractivity contribution in [2.24, 2.45) is 0 Å². The first-order valence-electron chi connectivity index (χ1n) is 12.0. The maximum absolute atomic E-state index is 13.5. The zero-order chi connectivity index (χ0) is 26.4. The van der Waals surface area contributed by atoms with Crippen molar-refractivity contribution in [2.45, 2.75) is 43.0 Å². The molecule has 194 valence electrons. The van der Waals surface area contributed by atoms with Crippen molar-refractivity contribution in [2.75, 3.05) is 16.2 Å². The molecule has 0 spiro atoms. The molecular weight excluding hydrogens is 533 g/mol. The van der Waals surface area contributed by atoms with E-state index in [1.807, 2.05) is 0 Å². The highest BCUT2D eigenvalue weighted by Crippen LogP contribution is 2.30. The monoisotopic (exact) mass is 559 g/mol. The Labute approximate surface area is 226 Å². The molecule has 1 fully saturated rings. The summed E-state index contributed by atoms with van der Waals surface area (Å²) in [5.74, 6) is -0.899. The van der Waals surface area contributed by atoms with E-state index in [0.29, 0.717) is 11.3 Å². The van der Waals surface area contributed by atoms with Gasteiger partial charge in [0.1, 0.15) is 6.54 Å². The summed E-state index contributed by atoms with van der Waals surface area (Å²) in [6.45, 7) is -0.548. The molecule has 4 rings (SSSR count). The van der Waals surface area contributed by atoms with E-state index in [2.05, 4.69) is 10.6 Å². The van der Waals surface area contributed by atoms with E-state index in [0.717, 1.165) is 30.0 Å². The third kappa shape index (κ3) is 6.63. The van der Waals surface area contributed by atoms with Crippen LogP contribution >= 0.6 is 23.2 Å². The summed E-state index contributed by atoms with van der Waals surface area (Å²) in [5, 5.41) is 6.17. The molecule has 1 saturated carbocycles. The lowest BCUT2D eigenvalue weighted by molar-refractivity contribution is -0.114. The van der Waals surface area contributed by atoms with Gasteiger partial charge in [-0.15, -0.1) is 0 Å². The van der Waals surface area contributed by atoms with Crippen LogP contribution in [0.4, 0.5) is 11.4 Å². The molecule has 2 amide bonds. The quantitative estimate of drug-likeness (QED) is 0.359. The van der Waals surface area contributed by atoms with Crippen molar-refractivity contribution < 1.29 is 18.0 Å². The van der Waals surface area contributed by atoms with Gasteiger partial charge in [-0.3, -0.25) is 13.9 Å². The zero-order valence-corrected chi connectivity index (χ0v) is 22.3. The van der Waals surface area contributed by atoms with Gasteiger partial charge in [0.15, 0.2) is 0 Å². The zero-order valence-electron chi connectivity index (χ0n) is 20.0. The van der Waals surface area contributed by atoms with Crippen LogP contribution in [0.25, 0.3) is 0 Å². The smallest absolute Gasteiger partial charge is 0.264 e. The number of sulfonamides is 1. The van der Waals surface area contributed by atoms with Gasteiger partial charge in [0, 0.05) is 6.04 Å². The minimum absolute atomic E-state index is 0.0149. The van der Waals surface area contributed by atoms with Crippen LogP contribution in [-0.4, -0.2) is 32.8 Å². The Bertz CT molecular complexity index is 1380. The number of halogens is 2. The topological polar surface area (TPSA) is 95.6 Å². The molecule has 0 radical (unpaired) electrons. The van der Waals surface area contributed by atoms with Crippen LogP contribution in [0.2, 0.25) is 10.0 Å². The summed E-state index contributed by atoms with van der Waals surface area (Å²) in [6.07, 6.45) is 5.17. The summed E-state index contributed by atoms with van der Waals surface area (Å²) in [7, 11) is -4.13. The molecule has 0 aliphatic heterocycles. The highest BCUT2D eigenvalue weighted by atomic mass is 35.5. The van der Waals surface area contributed by atoms with Crippen molar-refractivity contribution in [1.29, 1.82) is 0 Å². The number of hydrogen-bond donors (Lipinski definition) is 2. The summed E-state index contributed by atoms with van der Waals surface area (Å²) in [5.41, 5.74) is 0.789. The number of amides is 2. The molecule has 37 heavy (non-hydrogen) atoms. The Morgan fingerprint density at radius 1 is 0.865 bits per heavy atom. The molecule has 7 nitrogen and oxygen atoms in total. The Balaban J connectivity index is 1.58. The van der Waals surface area contributed by atoms with Crippen LogP contribution < -0.4 is 14.9 Å². The van der Waals surface area contributed by atoms with E-state index >= 15 is 0 Å². The molecule has 0 bridgehead atoms. The predicted molar refractivity (Wildman–Crippen MR) is 147 cm³/mol. The van der Waals surface area contributed by atoms with Gasteiger partial charge in [-0.05, 0) is 55.3 Å². The number of hydrogen-bond acceptors (Lipinski definition) is 4. The maximum Gasteiger partial charge on any atom is 0.264 e. The van der Waals surface area contributed by atoms with E-state index in [9.17, 15) is 18.0 Å². The standard InChI is InChI=1S/C27H27Cl2N3O4S/c28-23-16-15-20(17-24(23)29)32(37(35,36)21-11-5-2-6-12-21)18-26(33)31-25-14-8-7-13-22(25)27(34)30-19-9-3-1-4-10-19/h2,5-8,11-17,19H,1,3-4,9-10,18H2,(H,30,34)(H,31,33). The third-order valence-electron chi connectivity index (χ3n) is 6.20. The Morgan fingerprint density at radius 3 is 2.24 bits per heavy atom. The van der Waals surface area contributed by atoms with Crippen LogP contribution in [0, 0.1) is 0 Å². The molecule has 2 N–H and O–H groups in total. The lowest BCUT2D eigenvalue weighted by Gasteiger charge is -2.25. The number of benzene rings is 3. The van der Waals surface area contributed by atoms with Gasteiger partial charge in [0.05, 0.1) is 31.9 Å². The third-order valence-corrected chi connectivity index (χ3v) is 8.72. The average Bonchev–Trinajstić information content (AvgIpc) is 2.90. The predicted octanol–water partition coefficient (Wildman–Crippen LogP) is 5.89. The largest absolute Gasteiger partial charge is 0.349 e. The van der Waals surface area contributed by atoms with Gasteiger partial charge in [0.25, 0.3) is 15.9 Å². The minimum Gasteiger partial charge on any atom is -0.349 e. The normalized spacial score (nSPS) is 14.1. The molecule has 0 atom stereocenters. The average molecular weight is 561 g/mol. The second-order valence-electron chi connectivity index (χ2n) is 8.83. The van der Waals surface area contributed by atoms with Crippen molar-refractivity contribution in [3.8, 4) is 0 Å². The highest BCUT2D eigenvalue weighted by Gasteiger charge is 2.28. The number of para-hydroxylation sites is 1. The van der Waals surface area contributed by atoms with Gasteiger partial charge in [-0.2, -0.15) is 0 Å². The van der Waals surface area contributed by atoms with Gasteiger partial charge < -0.3 is 10.6 Å². The van der Waals surface area contributed by atoms with Crippen molar-refractivity contribution in [3.05, 3.63) is 88.4 Å². The number of nitrogens with one attached hydrogen (secondary N) is 2. The van der Waals surface area contributed by atoms with Crippen molar-refractivity contribution in [3.63, 3.8) is 0 Å². The number of carbonyl (C=O) groups is 2. The van der Waals surface area contributed by atoms with E-state index < -0.39 is 22.5 Å². The van der Waals surface area contributed by atoms with E-state index in [4.69, 9.17) is 23.2 Å². The van der Waals surface area contributed by atoms with Gasteiger partial charge in [-0.25, -0.2) is 8.42 Å². The van der Waals surface area contributed by atoms with Crippen LogP contribution in [0.15, 0.2) is 77.7 Å². The minimum atomic E-state index is -4.13. The highest BCUT2D eigenvalue weighted by molar-refractivity contribution is 7.92. The van der Waals surface area contributed by atoms with Crippen LogP contribution in [-0.2, 0) is 14.8 Å². The maximum atomic E-state index is 13.5. The molecule has 1 aliphatic carbocycles. The van der Waals surface area contributed by atoms with E-state index in [1.54, 1.807) is 42.5 Å². The molecule has 10 heteroatoms. The summed E-state index contributed by atoms with van der Waals surface area (Å²) >= 11 is 12.2. The van der Waals surface area contributed by atoms with Crippen LogP contribution in [0.5, 0.6) is 0 Å². The van der Waals surface area contributed by atoms with Gasteiger partial charge in [0.2, 0.25) is 5.91 Å². The Kier molecular flexibility index (Phi) is 8.74. The number of nitrogens with zero attached hydrogens (tertiary/aromatic N) is 1. The molecule has 0 heterocycles. The molecule has 3 aromatic rings. The van der Waals surface area contributed by atoms with Crippen LogP contribution in [0.3, 0.4) is 0 Å². The number of carbonyl (C=O) groups excluding carboxylic acids is 2. The lowest BCUT2D eigenvalue weighted by atomic mass is 9.95. The number of rotatable bonds is 8. The molecule has 0 aromatic heterocycles. The molecule has 0 unspecified atom stereocenters. The number of anilines is 2. The Morgan fingerprint density at radius 2 is 1.54 bits per heavy atom. The summed E-state index contributed by atoms with van der Waals surface area (Å²) in [4.78, 5) is 26.2. The summed E-state index contributed by atoms with van der Waals surface area (Å²) < 4.78 is 28.0. The fraction of sp³-hybridized carbons (Fsp3) is 0.259. The van der Waals surface area contributed by atoms with Crippen molar-refractivity contribution >= 4 is 56.4 Å². The fourth-order valence-corrected chi connectivity index (χ4v) is 6.02. The van der Waals surface area contributed by atoms with Gasteiger partial charge in [-0.1, -0.05) is 72.8 Å². The first-order chi connectivity index (χ1) is 17.8. The van der Waals surface area contributed by atoms with E-state index in [1.165, 1.54) is 36.8 Å². The molecule has 3 aromatic carbocycles. The van der Waals surface area contributed by atoms with E-state index in [-0.39, 0.29) is 32.6 Å². The second kappa shape index (κ2) is 12.0. The van der Waals surface area contributed by atoms with Crippen molar-refractivity contribution in [1.82, 2.24) is 5.32 Å². The summed E-state index contributed by atoms with van der Waals surface area (Å²) in [6, 6.07) is 18.9. The molecular formula is C27H27Cl2N3O4S. The molecule has 0 saturated heterocycles. The fourth-order valence-electron chi connectivity index (χ4n) is 4.30. The second-order valence-corrected chi connectivity index (χ2v) is 11.5. The van der Waals surface area contributed by atoms with Crippen LogP contribution in [0.1, 0.15) is 42.5 Å². The lowest BCUT2D eigenvalue weighted by Crippen LogP contribution is -2.39. The first kappa shape index (κ1) is 27.0. The Hall–Kier alpha value is -3.07. The first-order valence-corrected chi connectivity index (χ1v) is 14.2. The SMILES string of the molecule is O=C(CN(c1ccc(Cl)c(Cl)c1)S(=O)(=O)c1ccccc1)Nc1ccccc1C(=O)NC1CCCCC1.